The molecule has 0 radical (unpaired) electrons. The second-order valence-electron chi connectivity index (χ2n) is 4.13. The highest BCUT2D eigenvalue weighted by Gasteiger charge is 2.21. The summed E-state index contributed by atoms with van der Waals surface area (Å²) in [6.07, 6.45) is 2.51. The van der Waals surface area contributed by atoms with Crippen molar-refractivity contribution in [3.05, 3.63) is 41.3 Å². The summed E-state index contributed by atoms with van der Waals surface area (Å²) in [4.78, 5) is 16.1. The van der Waals surface area contributed by atoms with Gasteiger partial charge in [-0.3, -0.25) is 9.89 Å². The number of aromatic amines is 1. The molecule has 108 valence electrons. The summed E-state index contributed by atoms with van der Waals surface area (Å²) in [5, 5.41) is 13.0. The first-order valence-electron chi connectivity index (χ1n) is 5.84. The number of carbonyl (C=O) groups is 1. The normalized spacial score (nSPS) is 12.6. The summed E-state index contributed by atoms with van der Waals surface area (Å²) in [6, 6.07) is 5.37. The zero-order valence-corrected chi connectivity index (χ0v) is 12.2. The van der Waals surface area contributed by atoms with Gasteiger partial charge in [0.05, 0.1) is 0 Å². The molecule has 0 bridgehead atoms. The van der Waals surface area contributed by atoms with Crippen LogP contribution in [0.25, 0.3) is 0 Å². The minimum absolute atomic E-state index is 0. The lowest BCUT2D eigenvalue weighted by atomic mass is 10.1. The summed E-state index contributed by atoms with van der Waals surface area (Å²) < 4.78 is 0. The van der Waals surface area contributed by atoms with Crippen molar-refractivity contribution < 1.29 is 4.79 Å². The van der Waals surface area contributed by atoms with Gasteiger partial charge in [0.15, 0.2) is 5.69 Å². The van der Waals surface area contributed by atoms with Crippen molar-refractivity contribution in [2.45, 2.75) is 13.0 Å². The highest BCUT2D eigenvalue weighted by atomic mass is 35.5. The molecule has 0 aliphatic carbocycles. The van der Waals surface area contributed by atoms with Crippen LogP contribution in [0.5, 0.6) is 0 Å². The number of amides is 1. The van der Waals surface area contributed by atoms with E-state index in [-0.39, 0.29) is 30.7 Å². The number of hydrogen-bond acceptors (Lipinski definition) is 4. The van der Waals surface area contributed by atoms with Crippen molar-refractivity contribution in [1.82, 2.24) is 20.5 Å². The van der Waals surface area contributed by atoms with Crippen LogP contribution in [0.4, 0.5) is 5.82 Å². The maximum Gasteiger partial charge on any atom is 0.277 e. The number of nitrogens with zero attached hydrogens (tertiary/aromatic N) is 2. The van der Waals surface area contributed by atoms with E-state index in [0.717, 1.165) is 24.2 Å². The Balaban J connectivity index is 0.000001000. The number of carbonyl (C=O) groups excluding carboxylic acids is 1. The molecule has 0 saturated carbocycles. The quantitative estimate of drug-likeness (QED) is 0.785. The van der Waals surface area contributed by atoms with E-state index in [1.165, 1.54) is 0 Å². The first-order chi connectivity index (χ1) is 8.84. The van der Waals surface area contributed by atoms with Crippen molar-refractivity contribution in [2.75, 3.05) is 11.9 Å². The highest BCUT2D eigenvalue weighted by Crippen LogP contribution is 2.16. The third-order valence-corrected chi connectivity index (χ3v) is 2.93. The molecule has 8 heteroatoms. The van der Waals surface area contributed by atoms with E-state index in [2.05, 4.69) is 25.8 Å². The van der Waals surface area contributed by atoms with Crippen LogP contribution in [0.1, 0.15) is 21.7 Å². The maximum absolute atomic E-state index is 12.1. The average Bonchev–Trinajstić information content (AvgIpc) is 2.84. The van der Waals surface area contributed by atoms with Gasteiger partial charge in [0, 0.05) is 37.0 Å². The Morgan fingerprint density at radius 3 is 2.90 bits per heavy atom. The Bertz CT molecular complexity index is 572. The van der Waals surface area contributed by atoms with Crippen molar-refractivity contribution >= 4 is 36.5 Å². The first-order valence-corrected chi connectivity index (χ1v) is 5.84. The van der Waals surface area contributed by atoms with Gasteiger partial charge >= 0.3 is 0 Å². The third-order valence-electron chi connectivity index (χ3n) is 2.93. The molecule has 2 aromatic heterocycles. The second-order valence-corrected chi connectivity index (χ2v) is 4.13. The van der Waals surface area contributed by atoms with E-state index in [9.17, 15) is 4.79 Å². The lowest BCUT2D eigenvalue weighted by molar-refractivity contribution is 0.102. The Kier molecular flexibility index (Phi) is 5.94. The first kappa shape index (κ1) is 16.4. The van der Waals surface area contributed by atoms with Crippen molar-refractivity contribution in [3.63, 3.8) is 0 Å². The monoisotopic (exact) mass is 315 g/mol. The highest BCUT2D eigenvalue weighted by molar-refractivity contribution is 6.03. The molecule has 3 heterocycles. The van der Waals surface area contributed by atoms with E-state index in [1.54, 1.807) is 18.3 Å². The van der Waals surface area contributed by atoms with E-state index in [0.29, 0.717) is 18.1 Å². The molecule has 0 unspecified atom stereocenters. The van der Waals surface area contributed by atoms with E-state index < -0.39 is 0 Å². The summed E-state index contributed by atoms with van der Waals surface area (Å²) in [5.74, 6) is 0.304. The fourth-order valence-corrected chi connectivity index (χ4v) is 2.03. The largest absolute Gasteiger partial charge is 0.312 e. The lowest BCUT2D eigenvalue weighted by Crippen LogP contribution is -2.25. The summed E-state index contributed by atoms with van der Waals surface area (Å²) >= 11 is 0. The van der Waals surface area contributed by atoms with E-state index in [1.807, 2.05) is 6.07 Å². The van der Waals surface area contributed by atoms with Crippen molar-refractivity contribution in [3.8, 4) is 0 Å². The molecular formula is C12H15Cl2N5O. The second kappa shape index (κ2) is 7.23. The molecule has 20 heavy (non-hydrogen) atoms. The van der Waals surface area contributed by atoms with Crippen LogP contribution >= 0.6 is 24.8 Å². The van der Waals surface area contributed by atoms with Crippen LogP contribution in [-0.2, 0) is 13.0 Å². The Labute approximate surface area is 128 Å². The topological polar surface area (TPSA) is 82.7 Å². The Morgan fingerprint density at radius 1 is 1.30 bits per heavy atom. The number of aromatic nitrogens is 3. The van der Waals surface area contributed by atoms with Crippen molar-refractivity contribution in [1.29, 1.82) is 0 Å². The van der Waals surface area contributed by atoms with Crippen LogP contribution in [-0.4, -0.2) is 27.6 Å². The Hall–Kier alpha value is -1.63. The van der Waals surface area contributed by atoms with Gasteiger partial charge in [0.2, 0.25) is 0 Å². The van der Waals surface area contributed by atoms with Crippen LogP contribution < -0.4 is 10.6 Å². The number of nitrogens with one attached hydrogen (secondary N) is 3. The molecule has 0 aromatic carbocycles. The van der Waals surface area contributed by atoms with Gasteiger partial charge < -0.3 is 10.6 Å². The number of fused-ring (bicyclic) bond motifs is 1. The predicted octanol–water partition coefficient (Wildman–Crippen LogP) is 1.55. The maximum atomic E-state index is 12.1. The van der Waals surface area contributed by atoms with Crippen LogP contribution in [0.15, 0.2) is 24.4 Å². The lowest BCUT2D eigenvalue weighted by Gasteiger charge is -2.12. The smallest absolute Gasteiger partial charge is 0.277 e. The Morgan fingerprint density at radius 2 is 2.15 bits per heavy atom. The fraction of sp³-hybridized carbons (Fsp3) is 0.250. The van der Waals surface area contributed by atoms with Gasteiger partial charge in [0.1, 0.15) is 5.82 Å². The molecule has 1 amide bonds. The van der Waals surface area contributed by atoms with Gasteiger partial charge in [-0.2, -0.15) is 5.10 Å². The number of H-pyrrole nitrogens is 1. The molecule has 3 rings (SSSR count). The van der Waals surface area contributed by atoms with Gasteiger partial charge in [-0.15, -0.1) is 24.8 Å². The van der Waals surface area contributed by atoms with E-state index >= 15 is 0 Å². The number of anilines is 1. The predicted molar refractivity (Wildman–Crippen MR) is 80.7 cm³/mol. The summed E-state index contributed by atoms with van der Waals surface area (Å²) in [5.41, 5.74) is 2.44. The van der Waals surface area contributed by atoms with Crippen LogP contribution in [0, 0.1) is 0 Å². The van der Waals surface area contributed by atoms with Crippen molar-refractivity contribution in [2.24, 2.45) is 0 Å². The molecule has 1 aliphatic heterocycles. The molecule has 0 atom stereocenters. The number of pyridine rings is 1. The van der Waals surface area contributed by atoms with Gasteiger partial charge in [0.25, 0.3) is 5.91 Å². The van der Waals surface area contributed by atoms with Crippen LogP contribution in [0.3, 0.4) is 0 Å². The number of halogens is 2. The number of hydrogen-bond donors (Lipinski definition) is 3. The summed E-state index contributed by atoms with van der Waals surface area (Å²) in [6.45, 7) is 1.59. The standard InChI is InChI=1S/C12H13N5O.2ClH/c18-12(15-10-3-1-2-5-14-10)11-8-7-13-6-4-9(8)16-17-11;;/h1-3,5,13H,4,6-7H2,(H,16,17)(H,14,15,18);2*1H. The fourth-order valence-electron chi connectivity index (χ4n) is 2.03. The molecule has 2 aromatic rings. The van der Waals surface area contributed by atoms with Crippen LogP contribution in [0.2, 0.25) is 0 Å². The zero-order chi connectivity index (χ0) is 12.4. The molecule has 1 aliphatic rings. The third kappa shape index (κ3) is 3.27. The SMILES string of the molecule is Cl.Cl.O=C(Nc1ccccn1)c1n[nH]c2c1CNCC2. The van der Waals surface area contributed by atoms with E-state index in [4.69, 9.17) is 0 Å². The van der Waals surface area contributed by atoms with Gasteiger partial charge in [-0.05, 0) is 12.1 Å². The number of rotatable bonds is 2. The molecule has 0 spiro atoms. The minimum Gasteiger partial charge on any atom is -0.312 e. The zero-order valence-electron chi connectivity index (χ0n) is 10.5. The minimum atomic E-state index is -0.227. The summed E-state index contributed by atoms with van der Waals surface area (Å²) in [7, 11) is 0. The molecule has 0 saturated heterocycles. The van der Waals surface area contributed by atoms with Gasteiger partial charge in [-0.1, -0.05) is 6.07 Å². The van der Waals surface area contributed by atoms with Gasteiger partial charge in [-0.25, -0.2) is 4.98 Å². The average molecular weight is 316 g/mol. The molecule has 3 N–H and O–H groups in total. The molecule has 6 nitrogen and oxygen atoms in total. The molecular weight excluding hydrogens is 301 g/mol. The molecule has 0 fully saturated rings.